The second-order valence-corrected chi connectivity index (χ2v) is 5.24. The highest BCUT2D eigenvalue weighted by Crippen LogP contribution is 2.15. The van der Waals surface area contributed by atoms with Crippen LogP contribution < -0.4 is 10.6 Å². The van der Waals surface area contributed by atoms with Crippen molar-refractivity contribution < 1.29 is 18.4 Å². The molecule has 126 valence electrons. The number of hydrogen-bond acceptors (Lipinski definition) is 4. The zero-order valence-electron chi connectivity index (χ0n) is 13.1. The first-order valence-corrected chi connectivity index (χ1v) is 7.60. The third kappa shape index (κ3) is 3.92. The monoisotopic (exact) mass is 338 g/mol. The van der Waals surface area contributed by atoms with Crippen LogP contribution in [0.3, 0.4) is 0 Å². The molecule has 0 unspecified atom stereocenters. The molecular formula is C19H15FN2O3. The quantitative estimate of drug-likeness (QED) is 0.533. The third-order valence-corrected chi connectivity index (χ3v) is 3.51. The summed E-state index contributed by atoms with van der Waals surface area (Å²) < 4.78 is 19.0. The van der Waals surface area contributed by atoms with Gasteiger partial charge >= 0.3 is 0 Å². The molecule has 0 aliphatic rings. The Hall–Kier alpha value is -3.41. The summed E-state index contributed by atoms with van der Waals surface area (Å²) in [6, 6.07) is 17.4. The van der Waals surface area contributed by atoms with Crippen LogP contribution in [0, 0.1) is 5.82 Å². The third-order valence-electron chi connectivity index (χ3n) is 3.51. The lowest BCUT2D eigenvalue weighted by atomic mass is 10.1. The van der Waals surface area contributed by atoms with Crippen LogP contribution in [-0.4, -0.2) is 17.9 Å². The van der Waals surface area contributed by atoms with E-state index in [1.165, 1.54) is 30.5 Å². The van der Waals surface area contributed by atoms with Gasteiger partial charge in [-0.15, -0.1) is 0 Å². The SMILES string of the molecule is O=C(N[C@@H](Nc1ccccc1F)C(=O)c1ccccc1)c1ccco1. The maximum atomic E-state index is 13.9. The van der Waals surface area contributed by atoms with Crippen LogP contribution >= 0.6 is 0 Å². The first kappa shape index (κ1) is 16.4. The van der Waals surface area contributed by atoms with Crippen LogP contribution in [0.4, 0.5) is 10.1 Å². The van der Waals surface area contributed by atoms with Gasteiger partial charge in [-0.2, -0.15) is 0 Å². The maximum absolute atomic E-state index is 13.9. The smallest absolute Gasteiger partial charge is 0.288 e. The van der Waals surface area contributed by atoms with Crippen LogP contribution in [0.1, 0.15) is 20.9 Å². The lowest BCUT2D eigenvalue weighted by Gasteiger charge is -2.20. The van der Waals surface area contributed by atoms with E-state index in [0.29, 0.717) is 5.56 Å². The summed E-state index contributed by atoms with van der Waals surface area (Å²) in [4.78, 5) is 25.0. The predicted octanol–water partition coefficient (Wildman–Crippen LogP) is 3.47. The topological polar surface area (TPSA) is 71.3 Å². The van der Waals surface area contributed by atoms with E-state index >= 15 is 0 Å². The molecule has 5 nitrogen and oxygen atoms in total. The molecule has 0 aliphatic heterocycles. The van der Waals surface area contributed by atoms with E-state index in [9.17, 15) is 14.0 Å². The number of furan rings is 1. The highest BCUT2D eigenvalue weighted by Gasteiger charge is 2.24. The number of ketones is 1. The fraction of sp³-hybridized carbons (Fsp3) is 0.0526. The average molecular weight is 338 g/mol. The summed E-state index contributed by atoms with van der Waals surface area (Å²) in [5, 5.41) is 5.27. The summed E-state index contributed by atoms with van der Waals surface area (Å²) in [5.41, 5.74) is 0.493. The van der Waals surface area contributed by atoms with E-state index in [2.05, 4.69) is 10.6 Å². The van der Waals surface area contributed by atoms with Crippen molar-refractivity contribution >= 4 is 17.4 Å². The Balaban J connectivity index is 1.86. The van der Waals surface area contributed by atoms with Gasteiger partial charge in [-0.25, -0.2) is 4.39 Å². The molecule has 3 rings (SSSR count). The summed E-state index contributed by atoms with van der Waals surface area (Å²) in [6.45, 7) is 0. The van der Waals surface area contributed by atoms with Crippen molar-refractivity contribution in [2.75, 3.05) is 5.32 Å². The molecule has 0 bridgehead atoms. The Bertz CT molecular complexity index is 863. The molecule has 3 aromatic rings. The van der Waals surface area contributed by atoms with Crippen LogP contribution in [-0.2, 0) is 0 Å². The van der Waals surface area contributed by atoms with Gasteiger partial charge in [-0.05, 0) is 24.3 Å². The molecule has 0 fully saturated rings. The number of amides is 1. The Morgan fingerprint density at radius 1 is 0.920 bits per heavy atom. The standard InChI is InChI=1S/C19H15FN2O3/c20-14-9-4-5-10-15(14)21-18(17(23)13-7-2-1-3-8-13)22-19(24)16-11-6-12-25-16/h1-12,18,21H,(H,22,24)/t18-/m1/s1. The van der Waals surface area contributed by atoms with E-state index in [4.69, 9.17) is 4.42 Å². The molecule has 0 aliphatic carbocycles. The molecular weight excluding hydrogens is 323 g/mol. The van der Waals surface area contributed by atoms with Crippen LogP contribution in [0.2, 0.25) is 0 Å². The predicted molar refractivity (Wildman–Crippen MR) is 90.8 cm³/mol. The van der Waals surface area contributed by atoms with Gasteiger partial charge in [0.2, 0.25) is 5.78 Å². The number of benzene rings is 2. The number of halogens is 1. The van der Waals surface area contributed by atoms with Gasteiger partial charge in [0, 0.05) is 5.56 Å². The maximum Gasteiger partial charge on any atom is 0.288 e. The number of para-hydroxylation sites is 1. The number of anilines is 1. The fourth-order valence-corrected chi connectivity index (χ4v) is 2.28. The van der Waals surface area contributed by atoms with Gasteiger partial charge in [0.05, 0.1) is 12.0 Å². The van der Waals surface area contributed by atoms with Crippen molar-refractivity contribution in [3.8, 4) is 0 Å². The molecule has 1 aromatic heterocycles. The van der Waals surface area contributed by atoms with Gasteiger partial charge in [0.15, 0.2) is 11.9 Å². The van der Waals surface area contributed by atoms with E-state index in [0.717, 1.165) is 0 Å². The number of hydrogen-bond donors (Lipinski definition) is 2. The molecule has 2 aromatic carbocycles. The Kier molecular flexibility index (Phi) is 4.89. The zero-order chi connectivity index (χ0) is 17.6. The van der Waals surface area contributed by atoms with Crippen LogP contribution in [0.5, 0.6) is 0 Å². The van der Waals surface area contributed by atoms with E-state index < -0.39 is 23.7 Å². The first-order chi connectivity index (χ1) is 12.1. The van der Waals surface area contributed by atoms with Crippen molar-refractivity contribution in [1.29, 1.82) is 0 Å². The summed E-state index contributed by atoms with van der Waals surface area (Å²) in [7, 11) is 0. The molecule has 2 N–H and O–H groups in total. The minimum atomic E-state index is -1.16. The van der Waals surface area contributed by atoms with Crippen molar-refractivity contribution in [3.05, 3.63) is 90.1 Å². The summed E-state index contributed by atoms with van der Waals surface area (Å²) in [5.74, 6) is -1.45. The first-order valence-electron chi connectivity index (χ1n) is 7.60. The van der Waals surface area contributed by atoms with E-state index in [1.54, 1.807) is 42.5 Å². The molecule has 0 radical (unpaired) electrons. The fourth-order valence-electron chi connectivity index (χ4n) is 2.28. The second-order valence-electron chi connectivity index (χ2n) is 5.24. The Morgan fingerprint density at radius 3 is 2.32 bits per heavy atom. The zero-order valence-corrected chi connectivity index (χ0v) is 13.1. The van der Waals surface area contributed by atoms with Crippen molar-refractivity contribution in [3.63, 3.8) is 0 Å². The largest absolute Gasteiger partial charge is 0.459 e. The Labute approximate surface area is 143 Å². The number of Topliss-reactive ketones (excluding diaryl/α,β-unsaturated/α-hetero) is 1. The minimum absolute atomic E-state index is 0.0567. The van der Waals surface area contributed by atoms with E-state index in [1.807, 2.05) is 0 Å². The minimum Gasteiger partial charge on any atom is -0.459 e. The van der Waals surface area contributed by atoms with Crippen molar-refractivity contribution in [2.24, 2.45) is 0 Å². The molecule has 0 spiro atoms. The molecule has 0 saturated heterocycles. The van der Waals surface area contributed by atoms with Gasteiger partial charge < -0.3 is 15.1 Å². The lowest BCUT2D eigenvalue weighted by molar-refractivity contribution is 0.0852. The molecule has 1 atom stereocenters. The van der Waals surface area contributed by atoms with Gasteiger partial charge in [0.25, 0.3) is 5.91 Å². The molecule has 6 heteroatoms. The number of carbonyl (C=O) groups excluding carboxylic acids is 2. The summed E-state index contributed by atoms with van der Waals surface area (Å²) in [6.07, 6.45) is 0.199. The molecule has 1 heterocycles. The number of rotatable bonds is 6. The van der Waals surface area contributed by atoms with E-state index in [-0.39, 0.29) is 11.4 Å². The van der Waals surface area contributed by atoms with Gasteiger partial charge in [-0.1, -0.05) is 42.5 Å². The number of nitrogens with one attached hydrogen (secondary N) is 2. The number of carbonyl (C=O) groups is 2. The van der Waals surface area contributed by atoms with Crippen LogP contribution in [0.15, 0.2) is 77.4 Å². The molecule has 1 amide bonds. The molecule has 25 heavy (non-hydrogen) atoms. The average Bonchev–Trinajstić information content (AvgIpc) is 3.18. The summed E-state index contributed by atoms with van der Waals surface area (Å²) >= 11 is 0. The second kappa shape index (κ2) is 7.44. The normalized spacial score (nSPS) is 11.6. The van der Waals surface area contributed by atoms with Gasteiger partial charge in [-0.3, -0.25) is 9.59 Å². The van der Waals surface area contributed by atoms with Crippen molar-refractivity contribution in [1.82, 2.24) is 5.32 Å². The highest BCUT2D eigenvalue weighted by atomic mass is 19.1. The highest BCUT2D eigenvalue weighted by molar-refractivity contribution is 6.04. The Morgan fingerprint density at radius 2 is 1.64 bits per heavy atom. The van der Waals surface area contributed by atoms with Crippen LogP contribution in [0.25, 0.3) is 0 Å². The lowest BCUT2D eigenvalue weighted by Crippen LogP contribution is -2.46. The molecule has 0 saturated carbocycles. The van der Waals surface area contributed by atoms with Gasteiger partial charge in [0.1, 0.15) is 5.82 Å². The van der Waals surface area contributed by atoms with Crippen molar-refractivity contribution in [2.45, 2.75) is 6.17 Å².